The number of nitrogens with two attached hydrogens (primary N) is 1. The van der Waals surface area contributed by atoms with Crippen molar-refractivity contribution in [3.8, 4) is 0 Å². The van der Waals surface area contributed by atoms with E-state index < -0.39 is 17.2 Å². The second-order valence-corrected chi connectivity index (χ2v) is 4.65. The van der Waals surface area contributed by atoms with Gasteiger partial charge >= 0.3 is 5.69 Å². The van der Waals surface area contributed by atoms with Crippen LogP contribution in [0, 0.1) is 0 Å². The highest BCUT2D eigenvalue weighted by Crippen LogP contribution is 2.05. The Balaban J connectivity index is 3.79. The molecule has 110 valence electrons. The number of hydrogen-bond donors (Lipinski definition) is 2. The predicted octanol–water partition coefficient (Wildman–Crippen LogP) is -2.19. The van der Waals surface area contributed by atoms with Crippen molar-refractivity contribution in [2.75, 3.05) is 13.6 Å². The van der Waals surface area contributed by atoms with E-state index in [1.807, 2.05) is 6.92 Å². The molecule has 0 saturated heterocycles. The van der Waals surface area contributed by atoms with Crippen LogP contribution in [0.2, 0.25) is 0 Å². The number of amides is 1. The van der Waals surface area contributed by atoms with Gasteiger partial charge in [0.25, 0.3) is 5.56 Å². The van der Waals surface area contributed by atoms with Gasteiger partial charge in [0.1, 0.15) is 0 Å². The minimum absolute atomic E-state index is 0.0830. The van der Waals surface area contributed by atoms with Crippen molar-refractivity contribution in [3.05, 3.63) is 31.4 Å². The first kappa shape index (κ1) is 15.7. The van der Waals surface area contributed by atoms with Crippen molar-refractivity contribution in [3.63, 3.8) is 0 Å². The molecule has 0 atom stereocenters. The van der Waals surface area contributed by atoms with Crippen molar-refractivity contribution in [1.29, 1.82) is 0 Å². The molecule has 0 bridgehead atoms. The maximum Gasteiger partial charge on any atom is 0.328 e. The van der Waals surface area contributed by atoms with Gasteiger partial charge in [-0.2, -0.15) is 0 Å². The first-order valence-corrected chi connectivity index (χ1v) is 6.30. The second-order valence-electron chi connectivity index (χ2n) is 4.65. The summed E-state index contributed by atoms with van der Waals surface area (Å²) in [4.78, 5) is 38.8. The molecule has 1 amide bonds. The summed E-state index contributed by atoms with van der Waals surface area (Å²) < 4.78 is 1.23. The van der Waals surface area contributed by atoms with Crippen LogP contribution in [0.4, 0.5) is 0 Å². The summed E-state index contributed by atoms with van der Waals surface area (Å²) in [5.41, 5.74) is 4.62. The predicted molar refractivity (Wildman–Crippen MR) is 77.2 cm³/mol. The lowest BCUT2D eigenvalue weighted by molar-refractivity contribution is -0.117. The topological polar surface area (TPSA) is 101 Å². The smallest absolute Gasteiger partial charge is 0.328 e. The first-order valence-electron chi connectivity index (χ1n) is 6.30. The number of aromatic amines is 1. The number of nitrogens with one attached hydrogen (secondary N) is 1. The molecular weight excluding hydrogens is 260 g/mol. The normalized spacial score (nSPS) is 12.2. The Hall–Kier alpha value is -2.31. The lowest BCUT2D eigenvalue weighted by atomic mass is 10.2. The third-order valence-corrected chi connectivity index (χ3v) is 3.10. The van der Waals surface area contributed by atoms with Gasteiger partial charge in [-0.15, -0.1) is 0 Å². The van der Waals surface area contributed by atoms with E-state index in [1.165, 1.54) is 11.6 Å². The van der Waals surface area contributed by atoms with E-state index >= 15 is 0 Å². The third-order valence-electron chi connectivity index (χ3n) is 3.10. The number of primary amides is 1. The molecule has 0 saturated carbocycles. The number of aromatic nitrogens is 2. The zero-order valence-corrected chi connectivity index (χ0v) is 12.0. The molecule has 20 heavy (non-hydrogen) atoms. The summed E-state index contributed by atoms with van der Waals surface area (Å²) in [7, 11) is 3.28. The van der Waals surface area contributed by atoms with Crippen LogP contribution < -0.4 is 27.6 Å². The Bertz CT molecular complexity index is 729. The minimum atomic E-state index is -0.558. The fourth-order valence-electron chi connectivity index (χ4n) is 2.01. The van der Waals surface area contributed by atoms with Crippen LogP contribution in [-0.4, -0.2) is 34.0 Å². The fourth-order valence-corrected chi connectivity index (χ4v) is 2.01. The van der Waals surface area contributed by atoms with Gasteiger partial charge in [-0.25, -0.2) is 4.79 Å². The summed E-state index contributed by atoms with van der Waals surface area (Å²) in [6, 6.07) is 0. The number of nitrogens with zero attached hydrogens (tertiary/aromatic N) is 2. The van der Waals surface area contributed by atoms with Gasteiger partial charge in [0, 0.05) is 26.3 Å². The van der Waals surface area contributed by atoms with E-state index in [2.05, 4.69) is 11.6 Å². The summed E-state index contributed by atoms with van der Waals surface area (Å²) in [5, 5.41) is 0.486. The van der Waals surface area contributed by atoms with Gasteiger partial charge in [-0.1, -0.05) is 13.5 Å². The summed E-state index contributed by atoms with van der Waals surface area (Å²) in [5.74, 6) is -0.546. The molecule has 0 aliphatic heterocycles. The van der Waals surface area contributed by atoms with Crippen LogP contribution in [0.3, 0.4) is 0 Å². The molecule has 0 fully saturated rings. The van der Waals surface area contributed by atoms with Crippen LogP contribution in [0.15, 0.2) is 9.59 Å². The lowest BCUT2D eigenvalue weighted by Gasteiger charge is -2.21. The van der Waals surface area contributed by atoms with Gasteiger partial charge in [-0.05, 0) is 6.42 Å². The van der Waals surface area contributed by atoms with E-state index in [-0.39, 0.29) is 17.0 Å². The van der Waals surface area contributed by atoms with Crippen LogP contribution in [0.25, 0.3) is 12.3 Å². The van der Waals surface area contributed by atoms with E-state index in [1.54, 1.807) is 11.9 Å². The number of carbonyl (C=O) groups is 1. The summed E-state index contributed by atoms with van der Waals surface area (Å²) in [6.07, 6.45) is 0.759. The standard InChI is InChI=1S/C13H20N4O3/c1-5-6-16(3)9(7-10(14)18)11-8(2)17(4)13(20)15-12(11)19/h2,5-7H2,1,3-4H3,(H2,14,18)(H,15,19,20). The minimum Gasteiger partial charge on any atom is -0.377 e. The van der Waals surface area contributed by atoms with Crippen LogP contribution >= 0.6 is 0 Å². The highest BCUT2D eigenvalue weighted by molar-refractivity contribution is 5.82. The third kappa shape index (κ3) is 3.17. The monoisotopic (exact) mass is 280 g/mol. The zero-order valence-electron chi connectivity index (χ0n) is 12.0. The molecule has 7 heteroatoms. The molecule has 0 aliphatic carbocycles. The van der Waals surface area contributed by atoms with Crippen molar-refractivity contribution < 1.29 is 4.79 Å². The maximum atomic E-state index is 12.0. The number of H-pyrrole nitrogens is 1. The lowest BCUT2D eigenvalue weighted by Crippen LogP contribution is -2.54. The highest BCUT2D eigenvalue weighted by Gasteiger charge is 2.12. The molecule has 0 aliphatic rings. The van der Waals surface area contributed by atoms with Crippen LogP contribution in [0.1, 0.15) is 19.8 Å². The van der Waals surface area contributed by atoms with Crippen LogP contribution in [0.5, 0.6) is 0 Å². The van der Waals surface area contributed by atoms with Crippen molar-refractivity contribution in [1.82, 2.24) is 14.5 Å². The van der Waals surface area contributed by atoms with Crippen molar-refractivity contribution in [2.24, 2.45) is 12.8 Å². The average molecular weight is 280 g/mol. The van der Waals surface area contributed by atoms with Gasteiger partial charge in [0.2, 0.25) is 5.91 Å². The molecule has 1 aromatic rings. The molecule has 1 heterocycles. The SMILES string of the molecule is C=c1c(=C(CC(N)=O)N(C)CCC)c(=O)[nH]c(=O)n1C. The van der Waals surface area contributed by atoms with Crippen molar-refractivity contribution >= 4 is 18.2 Å². The molecule has 0 spiro atoms. The Morgan fingerprint density at radius 1 is 1.45 bits per heavy atom. The van der Waals surface area contributed by atoms with Gasteiger partial charge in [-0.3, -0.25) is 19.1 Å². The van der Waals surface area contributed by atoms with Crippen LogP contribution in [-0.2, 0) is 11.8 Å². The zero-order chi connectivity index (χ0) is 15.4. The maximum absolute atomic E-state index is 12.0. The molecule has 1 aromatic heterocycles. The van der Waals surface area contributed by atoms with Gasteiger partial charge in [0.05, 0.1) is 17.0 Å². The number of carbonyl (C=O) groups excluding carboxylic acids is 1. The van der Waals surface area contributed by atoms with E-state index in [4.69, 9.17) is 5.73 Å². The molecule has 0 radical (unpaired) electrons. The van der Waals surface area contributed by atoms with Gasteiger partial charge in [0.15, 0.2) is 0 Å². The number of rotatable bonds is 5. The fraction of sp³-hybridized carbons (Fsp3) is 0.462. The Morgan fingerprint density at radius 3 is 2.55 bits per heavy atom. The summed E-state index contributed by atoms with van der Waals surface area (Å²) in [6.45, 7) is 6.39. The van der Waals surface area contributed by atoms with E-state index in [9.17, 15) is 14.4 Å². The number of hydrogen-bond acceptors (Lipinski definition) is 4. The average Bonchev–Trinajstić information content (AvgIpc) is 2.34. The highest BCUT2D eigenvalue weighted by atomic mass is 16.2. The molecular formula is C13H20N4O3. The van der Waals surface area contributed by atoms with Crippen molar-refractivity contribution in [2.45, 2.75) is 19.8 Å². The van der Waals surface area contributed by atoms with E-state index in [0.29, 0.717) is 12.2 Å². The Kier molecular flexibility index (Phi) is 4.90. The quantitative estimate of drug-likeness (QED) is 0.639. The first-order chi connectivity index (χ1) is 9.29. The van der Waals surface area contributed by atoms with E-state index in [0.717, 1.165) is 6.42 Å². The molecule has 1 rings (SSSR count). The molecule has 0 unspecified atom stereocenters. The summed E-state index contributed by atoms with van der Waals surface area (Å²) >= 11 is 0. The molecule has 0 aromatic carbocycles. The molecule has 3 N–H and O–H groups in total. The largest absolute Gasteiger partial charge is 0.377 e. The second kappa shape index (κ2) is 6.23. The van der Waals surface area contributed by atoms with Gasteiger partial charge < -0.3 is 10.6 Å². The molecule has 7 nitrogen and oxygen atoms in total. The Labute approximate surface area is 116 Å². The Morgan fingerprint density at radius 2 is 2.05 bits per heavy atom.